The lowest BCUT2D eigenvalue weighted by molar-refractivity contribution is 0.211. The Bertz CT molecular complexity index is 1730. The Hall–Kier alpha value is -4.06. The smallest absolute Gasteiger partial charge is 0.290 e. The average Bonchev–Trinajstić information content (AvgIpc) is 3.52. The molecule has 3 N–H and O–H groups in total. The van der Waals surface area contributed by atoms with Crippen LogP contribution in [0, 0.1) is 12.7 Å². The lowest BCUT2D eigenvalue weighted by Gasteiger charge is -2.22. The van der Waals surface area contributed by atoms with Crippen molar-refractivity contribution < 1.29 is 9.50 Å². The van der Waals surface area contributed by atoms with Crippen LogP contribution in [0.25, 0.3) is 21.3 Å². The van der Waals surface area contributed by atoms with Gasteiger partial charge in [0.05, 0.1) is 28.5 Å². The SMILES string of the molecule is Cc1c(-c2cc(Nc3cc4n(n3)CCN(C)C4)c(=O)n(C)n2)ccc(F)c1NC(O)c1cc2ccccc2s1. The van der Waals surface area contributed by atoms with Crippen molar-refractivity contribution in [2.24, 2.45) is 7.05 Å². The van der Waals surface area contributed by atoms with Gasteiger partial charge in [-0.1, -0.05) is 18.2 Å². The zero-order valence-electron chi connectivity index (χ0n) is 21.8. The van der Waals surface area contributed by atoms with Gasteiger partial charge in [0.2, 0.25) is 0 Å². The van der Waals surface area contributed by atoms with Crippen molar-refractivity contribution in [3.63, 3.8) is 0 Å². The third kappa shape index (κ3) is 4.80. The minimum Gasteiger partial charge on any atom is -0.369 e. The molecule has 0 aliphatic carbocycles. The molecule has 1 aliphatic heterocycles. The lowest BCUT2D eigenvalue weighted by Crippen LogP contribution is -2.30. The standard InChI is InChI=1S/C28H28FN7O2S/c1-16-19(8-9-20(29)26(16)31-27(37)24-12-17-6-4-5-7-23(17)39-24)21-14-22(28(38)35(3)32-21)30-25-13-18-15-34(2)10-11-36(18)33-25/h4-9,12-14,27,31,37H,10-11,15H2,1-3H3,(H,30,33). The number of anilines is 3. The fraction of sp³-hybridized carbons (Fsp3) is 0.250. The van der Waals surface area contributed by atoms with E-state index in [0.29, 0.717) is 33.2 Å². The van der Waals surface area contributed by atoms with Crippen LogP contribution in [0.5, 0.6) is 0 Å². The third-order valence-electron chi connectivity index (χ3n) is 7.00. The highest BCUT2D eigenvalue weighted by atomic mass is 32.1. The van der Waals surface area contributed by atoms with E-state index in [1.165, 1.54) is 22.1 Å². The molecule has 9 nitrogen and oxygen atoms in total. The highest BCUT2D eigenvalue weighted by molar-refractivity contribution is 7.19. The lowest BCUT2D eigenvalue weighted by atomic mass is 10.0. The van der Waals surface area contributed by atoms with E-state index < -0.39 is 12.0 Å². The Morgan fingerprint density at radius 1 is 1.08 bits per heavy atom. The summed E-state index contributed by atoms with van der Waals surface area (Å²) < 4.78 is 19.2. The highest BCUT2D eigenvalue weighted by Crippen LogP contribution is 2.35. The molecule has 3 aromatic heterocycles. The fourth-order valence-corrected chi connectivity index (χ4v) is 5.91. The molecule has 200 valence electrons. The van der Waals surface area contributed by atoms with Gasteiger partial charge in [-0.25, -0.2) is 9.07 Å². The summed E-state index contributed by atoms with van der Waals surface area (Å²) >= 11 is 1.45. The number of thiophene rings is 1. The normalized spacial score (nSPS) is 14.4. The van der Waals surface area contributed by atoms with Crippen LogP contribution in [-0.4, -0.2) is 43.2 Å². The number of nitrogens with one attached hydrogen (secondary N) is 2. The van der Waals surface area contributed by atoms with Gasteiger partial charge < -0.3 is 15.7 Å². The van der Waals surface area contributed by atoms with Crippen LogP contribution < -0.4 is 16.2 Å². The largest absolute Gasteiger partial charge is 0.369 e. The van der Waals surface area contributed by atoms with Crippen molar-refractivity contribution in [3.8, 4) is 11.3 Å². The van der Waals surface area contributed by atoms with Gasteiger partial charge in [-0.15, -0.1) is 11.3 Å². The van der Waals surface area contributed by atoms with Gasteiger partial charge in [-0.2, -0.15) is 10.2 Å². The predicted molar refractivity (Wildman–Crippen MR) is 152 cm³/mol. The molecule has 0 fully saturated rings. The average molecular weight is 546 g/mol. The topological polar surface area (TPSA) is 100 Å². The highest BCUT2D eigenvalue weighted by Gasteiger charge is 2.20. The number of halogens is 1. The van der Waals surface area contributed by atoms with Gasteiger partial charge >= 0.3 is 0 Å². The first-order valence-electron chi connectivity index (χ1n) is 12.6. The number of aryl methyl sites for hydroxylation is 1. The summed E-state index contributed by atoms with van der Waals surface area (Å²) in [6.45, 7) is 4.24. The van der Waals surface area contributed by atoms with Crippen LogP contribution in [0.4, 0.5) is 21.6 Å². The molecule has 11 heteroatoms. The number of rotatable bonds is 6. The Kier molecular flexibility index (Phi) is 6.42. The van der Waals surface area contributed by atoms with E-state index in [-0.39, 0.29) is 11.2 Å². The number of hydrogen-bond acceptors (Lipinski definition) is 8. The number of nitrogens with zero attached hydrogens (tertiary/aromatic N) is 5. The minimum absolute atomic E-state index is 0.175. The van der Waals surface area contributed by atoms with E-state index in [0.717, 1.165) is 35.4 Å². The molecule has 0 amide bonds. The molecule has 0 bridgehead atoms. The maximum absolute atomic E-state index is 15.0. The van der Waals surface area contributed by atoms with Crippen molar-refractivity contribution in [1.82, 2.24) is 24.5 Å². The monoisotopic (exact) mass is 545 g/mol. The van der Waals surface area contributed by atoms with E-state index in [2.05, 4.69) is 32.8 Å². The Morgan fingerprint density at radius 2 is 1.90 bits per heavy atom. The summed E-state index contributed by atoms with van der Waals surface area (Å²) in [7, 11) is 3.64. The van der Waals surface area contributed by atoms with Crippen LogP contribution in [-0.2, 0) is 20.1 Å². The maximum Gasteiger partial charge on any atom is 0.290 e. The Morgan fingerprint density at radius 3 is 2.72 bits per heavy atom. The van der Waals surface area contributed by atoms with Crippen molar-refractivity contribution in [2.75, 3.05) is 24.2 Å². The summed E-state index contributed by atoms with van der Waals surface area (Å²) in [6.07, 6.45) is -1.10. The van der Waals surface area contributed by atoms with E-state index >= 15 is 4.39 Å². The number of hydrogen-bond donors (Lipinski definition) is 3. The number of likely N-dealkylation sites (N-methyl/N-ethyl adjacent to an activating group) is 1. The molecule has 6 rings (SSSR count). The van der Waals surface area contributed by atoms with Crippen LogP contribution in [0.2, 0.25) is 0 Å². The summed E-state index contributed by atoms with van der Waals surface area (Å²) in [5, 5.41) is 27.1. The number of benzene rings is 2. The van der Waals surface area contributed by atoms with Gasteiger partial charge in [-0.3, -0.25) is 14.4 Å². The van der Waals surface area contributed by atoms with E-state index in [1.807, 2.05) is 41.1 Å². The molecule has 1 aliphatic rings. The van der Waals surface area contributed by atoms with Gasteiger partial charge in [0.15, 0.2) is 12.0 Å². The van der Waals surface area contributed by atoms with Gasteiger partial charge in [0.1, 0.15) is 11.5 Å². The number of fused-ring (bicyclic) bond motifs is 2. The van der Waals surface area contributed by atoms with Gasteiger partial charge in [-0.05, 0) is 55.3 Å². The molecule has 0 spiro atoms. The predicted octanol–water partition coefficient (Wildman–Crippen LogP) is 4.60. The van der Waals surface area contributed by atoms with Crippen LogP contribution in [0.15, 0.2) is 59.4 Å². The van der Waals surface area contributed by atoms with Crippen LogP contribution in [0.3, 0.4) is 0 Å². The Labute approximate surface area is 228 Å². The maximum atomic E-state index is 15.0. The zero-order valence-corrected chi connectivity index (χ0v) is 22.6. The molecule has 1 atom stereocenters. The molecule has 0 radical (unpaired) electrons. The van der Waals surface area contributed by atoms with Gasteiger partial charge in [0, 0.05) is 36.5 Å². The molecule has 0 saturated carbocycles. The first-order chi connectivity index (χ1) is 18.8. The fourth-order valence-electron chi connectivity index (χ4n) is 4.90. The number of aliphatic hydroxyl groups is 1. The van der Waals surface area contributed by atoms with Crippen molar-refractivity contribution in [2.45, 2.75) is 26.2 Å². The molecule has 2 aromatic carbocycles. The van der Waals surface area contributed by atoms with E-state index in [9.17, 15) is 9.90 Å². The first-order valence-corrected chi connectivity index (χ1v) is 13.4. The second-order valence-corrected chi connectivity index (χ2v) is 10.9. The summed E-state index contributed by atoms with van der Waals surface area (Å²) in [4.78, 5) is 15.8. The van der Waals surface area contributed by atoms with Crippen molar-refractivity contribution in [3.05, 3.63) is 86.9 Å². The van der Waals surface area contributed by atoms with E-state index in [4.69, 9.17) is 0 Å². The minimum atomic E-state index is -1.10. The third-order valence-corrected chi connectivity index (χ3v) is 8.17. The summed E-state index contributed by atoms with van der Waals surface area (Å²) in [5.74, 6) is 0.0901. The van der Waals surface area contributed by atoms with Crippen LogP contribution >= 0.6 is 11.3 Å². The molecule has 0 saturated heterocycles. The number of aromatic nitrogens is 4. The second kappa shape index (κ2) is 9.92. The molecule has 39 heavy (non-hydrogen) atoms. The quantitative estimate of drug-likeness (QED) is 0.268. The molecule has 5 aromatic rings. The van der Waals surface area contributed by atoms with Crippen molar-refractivity contribution >= 4 is 38.6 Å². The molecular weight excluding hydrogens is 517 g/mol. The van der Waals surface area contributed by atoms with E-state index in [1.54, 1.807) is 26.1 Å². The molecular formula is C28H28FN7O2S. The van der Waals surface area contributed by atoms with Crippen molar-refractivity contribution in [1.29, 1.82) is 0 Å². The zero-order chi connectivity index (χ0) is 27.3. The first kappa shape index (κ1) is 25.2. The number of aliphatic hydroxyl groups excluding tert-OH is 1. The molecule has 1 unspecified atom stereocenters. The van der Waals surface area contributed by atoms with Gasteiger partial charge in [0.25, 0.3) is 5.56 Å². The summed E-state index contributed by atoms with van der Waals surface area (Å²) in [5.41, 5.74) is 2.93. The molecule has 4 heterocycles. The Balaban J connectivity index is 1.32. The van der Waals surface area contributed by atoms with Crippen LogP contribution in [0.1, 0.15) is 22.4 Å². The second-order valence-electron chi connectivity index (χ2n) is 9.81. The summed E-state index contributed by atoms with van der Waals surface area (Å²) in [6, 6.07) is 16.3.